The zero-order valence-electron chi connectivity index (χ0n) is 12.3. The molecule has 0 radical (unpaired) electrons. The van der Waals surface area contributed by atoms with Gasteiger partial charge in [0.05, 0.1) is 13.2 Å². The normalized spacial score (nSPS) is 22.1. The molecule has 6 nitrogen and oxygen atoms in total. The highest BCUT2D eigenvalue weighted by Crippen LogP contribution is 2.38. The molecule has 1 saturated carbocycles. The molecule has 2 fully saturated rings. The second-order valence-electron chi connectivity index (χ2n) is 5.78. The number of rotatable bonds is 6. The molecular formula is C14H24N4O2. The molecule has 0 bridgehead atoms. The predicted molar refractivity (Wildman–Crippen MR) is 74.5 cm³/mol. The van der Waals surface area contributed by atoms with Crippen LogP contribution < -0.4 is 0 Å². The van der Waals surface area contributed by atoms with Crippen LogP contribution in [0.25, 0.3) is 0 Å². The summed E-state index contributed by atoms with van der Waals surface area (Å²) in [7, 11) is 1.76. The standard InChI is InChI=1S/C14H24N4O2/c1-19-10-9-17-5-2-6-18(8-7-17)11-13-15-14(16-20-13)12-3-4-12/h12H,2-11H2,1H3. The Morgan fingerprint density at radius 2 is 2.00 bits per heavy atom. The maximum Gasteiger partial charge on any atom is 0.240 e. The summed E-state index contributed by atoms with van der Waals surface area (Å²) in [6.45, 7) is 7.03. The van der Waals surface area contributed by atoms with E-state index in [9.17, 15) is 0 Å². The lowest BCUT2D eigenvalue weighted by Crippen LogP contribution is -2.32. The summed E-state index contributed by atoms with van der Waals surface area (Å²) in [5.41, 5.74) is 0. The first kappa shape index (κ1) is 14.0. The van der Waals surface area contributed by atoms with Crippen molar-refractivity contribution in [3.63, 3.8) is 0 Å². The zero-order valence-corrected chi connectivity index (χ0v) is 12.3. The molecule has 112 valence electrons. The average molecular weight is 280 g/mol. The molecule has 0 N–H and O–H groups in total. The third kappa shape index (κ3) is 3.77. The minimum absolute atomic E-state index is 0.571. The number of ether oxygens (including phenoxy) is 1. The number of hydrogen-bond donors (Lipinski definition) is 0. The molecule has 1 aliphatic heterocycles. The molecule has 0 amide bonds. The maximum atomic E-state index is 5.36. The molecule has 2 heterocycles. The van der Waals surface area contributed by atoms with E-state index in [4.69, 9.17) is 9.26 Å². The van der Waals surface area contributed by atoms with Gasteiger partial charge in [-0.2, -0.15) is 4.98 Å². The van der Waals surface area contributed by atoms with Crippen LogP contribution >= 0.6 is 0 Å². The zero-order chi connectivity index (χ0) is 13.8. The van der Waals surface area contributed by atoms with Gasteiger partial charge in [-0.05, 0) is 32.4 Å². The first-order valence-electron chi connectivity index (χ1n) is 7.61. The van der Waals surface area contributed by atoms with Crippen molar-refractivity contribution >= 4 is 0 Å². The molecule has 20 heavy (non-hydrogen) atoms. The fourth-order valence-electron chi connectivity index (χ4n) is 2.66. The third-order valence-electron chi connectivity index (χ3n) is 4.08. The second kappa shape index (κ2) is 6.65. The quantitative estimate of drug-likeness (QED) is 0.778. The SMILES string of the molecule is COCCN1CCCN(Cc2nc(C3CC3)no2)CC1. The molecule has 1 saturated heterocycles. The molecule has 2 aliphatic rings. The highest BCUT2D eigenvalue weighted by molar-refractivity contribution is 5.03. The van der Waals surface area contributed by atoms with Crippen LogP contribution in [0.3, 0.4) is 0 Å². The van der Waals surface area contributed by atoms with Gasteiger partial charge in [0, 0.05) is 32.7 Å². The van der Waals surface area contributed by atoms with Crippen molar-refractivity contribution in [2.45, 2.75) is 31.7 Å². The van der Waals surface area contributed by atoms with Crippen molar-refractivity contribution in [1.29, 1.82) is 0 Å². The van der Waals surface area contributed by atoms with Gasteiger partial charge in [0.2, 0.25) is 5.89 Å². The number of aromatic nitrogens is 2. The molecule has 1 aromatic rings. The highest BCUT2D eigenvalue weighted by atomic mass is 16.5. The molecule has 6 heteroatoms. The van der Waals surface area contributed by atoms with Crippen LogP contribution in [0.5, 0.6) is 0 Å². The van der Waals surface area contributed by atoms with Crippen LogP contribution in [0.2, 0.25) is 0 Å². The van der Waals surface area contributed by atoms with Crippen molar-refractivity contribution in [1.82, 2.24) is 19.9 Å². The Morgan fingerprint density at radius 3 is 2.80 bits per heavy atom. The Balaban J connectivity index is 1.47. The Labute approximate surface area is 120 Å². The minimum Gasteiger partial charge on any atom is -0.383 e. The van der Waals surface area contributed by atoms with Gasteiger partial charge in [-0.1, -0.05) is 5.16 Å². The van der Waals surface area contributed by atoms with E-state index in [1.807, 2.05) is 0 Å². The molecule has 0 unspecified atom stereocenters. The summed E-state index contributed by atoms with van der Waals surface area (Å²) in [6, 6.07) is 0. The van der Waals surface area contributed by atoms with Gasteiger partial charge in [-0.25, -0.2) is 0 Å². The van der Waals surface area contributed by atoms with Crippen LogP contribution in [-0.2, 0) is 11.3 Å². The molecule has 0 atom stereocenters. The highest BCUT2D eigenvalue weighted by Gasteiger charge is 2.29. The Morgan fingerprint density at radius 1 is 1.20 bits per heavy atom. The van der Waals surface area contributed by atoms with E-state index >= 15 is 0 Å². The van der Waals surface area contributed by atoms with E-state index in [0.29, 0.717) is 5.92 Å². The molecule has 0 spiro atoms. The summed E-state index contributed by atoms with van der Waals surface area (Å²) >= 11 is 0. The largest absolute Gasteiger partial charge is 0.383 e. The van der Waals surface area contributed by atoms with Gasteiger partial charge in [0.15, 0.2) is 5.82 Å². The van der Waals surface area contributed by atoms with Crippen molar-refractivity contribution in [3.8, 4) is 0 Å². The molecule has 0 aromatic carbocycles. The summed E-state index contributed by atoms with van der Waals surface area (Å²) in [4.78, 5) is 9.39. The first-order chi connectivity index (χ1) is 9.85. The summed E-state index contributed by atoms with van der Waals surface area (Å²) in [5.74, 6) is 2.26. The summed E-state index contributed by atoms with van der Waals surface area (Å²) < 4.78 is 10.5. The van der Waals surface area contributed by atoms with Gasteiger partial charge < -0.3 is 9.26 Å². The van der Waals surface area contributed by atoms with Crippen LogP contribution in [-0.4, -0.2) is 66.4 Å². The van der Waals surface area contributed by atoms with Gasteiger partial charge in [-0.3, -0.25) is 9.80 Å². The average Bonchev–Trinajstić information content (AvgIpc) is 3.23. The molecule has 1 aromatic heterocycles. The molecule has 3 rings (SSSR count). The number of hydrogen-bond acceptors (Lipinski definition) is 6. The second-order valence-corrected chi connectivity index (χ2v) is 5.78. The Kier molecular flexibility index (Phi) is 4.65. The van der Waals surface area contributed by atoms with E-state index in [-0.39, 0.29) is 0 Å². The lowest BCUT2D eigenvalue weighted by molar-refractivity contribution is 0.148. The van der Waals surface area contributed by atoms with E-state index in [2.05, 4.69) is 19.9 Å². The van der Waals surface area contributed by atoms with E-state index in [0.717, 1.165) is 57.6 Å². The van der Waals surface area contributed by atoms with Gasteiger partial charge in [0.25, 0.3) is 0 Å². The van der Waals surface area contributed by atoms with Crippen LogP contribution in [0.15, 0.2) is 4.52 Å². The Bertz CT molecular complexity index is 419. The fourth-order valence-corrected chi connectivity index (χ4v) is 2.66. The van der Waals surface area contributed by atoms with Crippen molar-refractivity contribution in [2.24, 2.45) is 0 Å². The number of nitrogens with zero attached hydrogens (tertiary/aromatic N) is 4. The van der Waals surface area contributed by atoms with Crippen molar-refractivity contribution < 1.29 is 9.26 Å². The lowest BCUT2D eigenvalue weighted by atomic mass is 10.3. The van der Waals surface area contributed by atoms with Gasteiger partial charge in [-0.15, -0.1) is 0 Å². The smallest absolute Gasteiger partial charge is 0.240 e. The topological polar surface area (TPSA) is 54.6 Å². The predicted octanol–water partition coefficient (Wildman–Crippen LogP) is 1.10. The van der Waals surface area contributed by atoms with Crippen LogP contribution in [0, 0.1) is 0 Å². The maximum absolute atomic E-state index is 5.36. The van der Waals surface area contributed by atoms with E-state index < -0.39 is 0 Å². The van der Waals surface area contributed by atoms with Crippen LogP contribution in [0.4, 0.5) is 0 Å². The lowest BCUT2D eigenvalue weighted by Gasteiger charge is -2.20. The van der Waals surface area contributed by atoms with E-state index in [1.165, 1.54) is 19.3 Å². The van der Waals surface area contributed by atoms with Crippen LogP contribution in [0.1, 0.15) is 36.9 Å². The summed E-state index contributed by atoms with van der Waals surface area (Å²) in [5, 5.41) is 4.08. The van der Waals surface area contributed by atoms with E-state index in [1.54, 1.807) is 7.11 Å². The first-order valence-corrected chi connectivity index (χ1v) is 7.61. The molecular weight excluding hydrogens is 256 g/mol. The van der Waals surface area contributed by atoms with Gasteiger partial charge in [0.1, 0.15) is 0 Å². The van der Waals surface area contributed by atoms with Crippen molar-refractivity contribution in [3.05, 3.63) is 11.7 Å². The number of methoxy groups -OCH3 is 1. The van der Waals surface area contributed by atoms with Crippen molar-refractivity contribution in [2.75, 3.05) is 46.4 Å². The molecule has 1 aliphatic carbocycles. The van der Waals surface area contributed by atoms with Gasteiger partial charge >= 0.3 is 0 Å². The Hall–Kier alpha value is -0.980. The minimum atomic E-state index is 0.571. The monoisotopic (exact) mass is 280 g/mol. The summed E-state index contributed by atoms with van der Waals surface area (Å²) in [6.07, 6.45) is 3.63. The fraction of sp³-hybridized carbons (Fsp3) is 0.857. The third-order valence-corrected chi connectivity index (χ3v) is 4.08.